The van der Waals surface area contributed by atoms with E-state index in [0.29, 0.717) is 6.04 Å². The normalized spacial score (nSPS) is 29.9. The Labute approximate surface area is 132 Å². The van der Waals surface area contributed by atoms with E-state index >= 15 is 0 Å². The largest absolute Gasteiger partial charge is 0.501 e. The van der Waals surface area contributed by atoms with Gasteiger partial charge in [-0.2, -0.15) is 0 Å². The number of piperidine rings is 1. The van der Waals surface area contributed by atoms with Gasteiger partial charge in [0, 0.05) is 17.9 Å². The molecule has 22 heavy (non-hydrogen) atoms. The average Bonchev–Trinajstić information content (AvgIpc) is 2.57. The van der Waals surface area contributed by atoms with Crippen LogP contribution in [-0.4, -0.2) is 38.8 Å². The molecule has 0 radical (unpaired) electrons. The van der Waals surface area contributed by atoms with Crippen LogP contribution in [0.1, 0.15) is 24.0 Å². The quantitative estimate of drug-likeness (QED) is 0.783. The first-order chi connectivity index (χ1) is 10.7. The van der Waals surface area contributed by atoms with Crippen LogP contribution in [0.4, 0.5) is 0 Å². The number of likely N-dealkylation sites (tertiary alicyclic amines) is 1. The second-order valence-corrected chi connectivity index (χ2v) is 6.62. The lowest BCUT2D eigenvalue weighted by Gasteiger charge is -2.52. The highest BCUT2D eigenvalue weighted by Gasteiger charge is 2.49. The Morgan fingerprint density at radius 3 is 2.86 bits per heavy atom. The van der Waals surface area contributed by atoms with Gasteiger partial charge in [0.1, 0.15) is 5.75 Å². The van der Waals surface area contributed by atoms with Crippen molar-refractivity contribution in [3.05, 3.63) is 52.8 Å². The number of nitrogens with zero attached hydrogens (tertiary/aromatic N) is 1. The standard InChI is InChI=1S/C19H23NO2/c1-20-9-8-19-12-15(22-3)6-7-16(19)18(20)10-13-4-5-14(21-2)11-17(13)19/h4-5,7,11-12,18H,6,8-10H2,1-3H3/t18-,19-/m0/s1. The van der Waals surface area contributed by atoms with Gasteiger partial charge in [0.25, 0.3) is 0 Å². The van der Waals surface area contributed by atoms with Crippen LogP contribution in [-0.2, 0) is 16.6 Å². The molecule has 3 nitrogen and oxygen atoms in total. The van der Waals surface area contributed by atoms with Crippen molar-refractivity contribution in [1.82, 2.24) is 4.90 Å². The minimum absolute atomic E-state index is 0.00287. The maximum Gasteiger partial charge on any atom is 0.119 e. The van der Waals surface area contributed by atoms with Gasteiger partial charge in [-0.3, -0.25) is 4.90 Å². The number of fused-ring (bicyclic) bond motifs is 1. The lowest BCUT2D eigenvalue weighted by Crippen LogP contribution is -2.53. The second kappa shape index (κ2) is 4.88. The molecule has 1 saturated heterocycles. The molecular formula is C19H23NO2. The van der Waals surface area contributed by atoms with E-state index in [0.717, 1.165) is 37.3 Å². The SMILES string of the molecule is COC1=C[C@]23CCN(C)[C@@H](Cc4ccc(OC)cc42)C3=CC1. The summed E-state index contributed by atoms with van der Waals surface area (Å²) >= 11 is 0. The number of rotatable bonds is 2. The van der Waals surface area contributed by atoms with Crippen LogP contribution in [0.3, 0.4) is 0 Å². The molecular weight excluding hydrogens is 274 g/mol. The summed E-state index contributed by atoms with van der Waals surface area (Å²) in [4.78, 5) is 2.50. The highest BCUT2D eigenvalue weighted by atomic mass is 16.5. The van der Waals surface area contributed by atoms with Crippen LogP contribution in [0.25, 0.3) is 0 Å². The Morgan fingerprint density at radius 2 is 2.09 bits per heavy atom. The maximum atomic E-state index is 5.60. The summed E-state index contributed by atoms with van der Waals surface area (Å²) in [6.45, 7) is 1.12. The van der Waals surface area contributed by atoms with Gasteiger partial charge in [0.05, 0.1) is 20.0 Å². The summed E-state index contributed by atoms with van der Waals surface area (Å²) < 4.78 is 11.1. The van der Waals surface area contributed by atoms with Crippen molar-refractivity contribution in [1.29, 1.82) is 0 Å². The van der Waals surface area contributed by atoms with E-state index in [1.807, 2.05) is 0 Å². The van der Waals surface area contributed by atoms with E-state index in [2.05, 4.69) is 42.3 Å². The molecule has 1 heterocycles. The summed E-state index contributed by atoms with van der Waals surface area (Å²) in [5.74, 6) is 2.03. The summed E-state index contributed by atoms with van der Waals surface area (Å²) in [5, 5.41) is 0. The Kier molecular flexibility index (Phi) is 3.08. The van der Waals surface area contributed by atoms with Crippen molar-refractivity contribution in [2.24, 2.45) is 0 Å². The first-order valence-corrected chi connectivity index (χ1v) is 8.02. The Hall–Kier alpha value is -1.74. The van der Waals surface area contributed by atoms with Crippen molar-refractivity contribution in [2.45, 2.75) is 30.7 Å². The maximum absolute atomic E-state index is 5.60. The number of likely N-dealkylation sites (N-methyl/N-ethyl adjacent to an activating group) is 1. The van der Waals surface area contributed by atoms with Gasteiger partial charge in [-0.1, -0.05) is 12.1 Å². The molecule has 3 aliphatic rings. The monoisotopic (exact) mass is 297 g/mol. The minimum Gasteiger partial charge on any atom is -0.501 e. The fourth-order valence-electron chi connectivity index (χ4n) is 4.47. The number of benzene rings is 1. The molecule has 0 saturated carbocycles. The van der Waals surface area contributed by atoms with Crippen LogP contribution in [0, 0.1) is 0 Å². The molecule has 116 valence electrons. The highest BCUT2D eigenvalue weighted by molar-refractivity contribution is 5.57. The third-order valence-corrected chi connectivity index (χ3v) is 5.67. The van der Waals surface area contributed by atoms with Crippen LogP contribution in [0.2, 0.25) is 0 Å². The van der Waals surface area contributed by atoms with Gasteiger partial charge >= 0.3 is 0 Å². The van der Waals surface area contributed by atoms with Crippen molar-refractivity contribution >= 4 is 0 Å². The van der Waals surface area contributed by atoms with Gasteiger partial charge in [-0.05, 0) is 61.3 Å². The Morgan fingerprint density at radius 1 is 1.23 bits per heavy atom. The minimum atomic E-state index is 0.00287. The molecule has 2 atom stereocenters. The molecule has 1 aliphatic heterocycles. The van der Waals surface area contributed by atoms with E-state index in [9.17, 15) is 0 Å². The van der Waals surface area contributed by atoms with Crippen LogP contribution in [0.5, 0.6) is 5.75 Å². The highest BCUT2D eigenvalue weighted by Crippen LogP contribution is 2.52. The summed E-state index contributed by atoms with van der Waals surface area (Å²) in [6.07, 6.45) is 7.90. The van der Waals surface area contributed by atoms with Gasteiger partial charge < -0.3 is 9.47 Å². The summed E-state index contributed by atoms with van der Waals surface area (Å²) in [7, 11) is 5.77. The van der Waals surface area contributed by atoms with Crippen molar-refractivity contribution in [3.8, 4) is 5.75 Å². The molecule has 1 aromatic rings. The van der Waals surface area contributed by atoms with E-state index in [4.69, 9.17) is 9.47 Å². The molecule has 4 rings (SSSR count). The third-order valence-electron chi connectivity index (χ3n) is 5.67. The van der Waals surface area contributed by atoms with Gasteiger partial charge in [-0.25, -0.2) is 0 Å². The molecule has 0 spiro atoms. The first-order valence-electron chi connectivity index (χ1n) is 8.02. The fraction of sp³-hybridized carbons (Fsp3) is 0.474. The zero-order valence-corrected chi connectivity index (χ0v) is 13.6. The number of hydrogen-bond acceptors (Lipinski definition) is 3. The molecule has 1 fully saturated rings. The van der Waals surface area contributed by atoms with Crippen molar-refractivity contribution < 1.29 is 9.47 Å². The lowest BCUT2D eigenvalue weighted by molar-refractivity contribution is 0.178. The molecule has 3 heteroatoms. The van der Waals surface area contributed by atoms with E-state index in [-0.39, 0.29) is 5.41 Å². The van der Waals surface area contributed by atoms with Crippen LogP contribution < -0.4 is 4.74 Å². The second-order valence-electron chi connectivity index (χ2n) is 6.62. The molecule has 0 amide bonds. The molecule has 0 N–H and O–H groups in total. The van der Waals surface area contributed by atoms with Gasteiger partial charge in [-0.15, -0.1) is 0 Å². The van der Waals surface area contributed by atoms with Crippen LogP contribution >= 0.6 is 0 Å². The van der Waals surface area contributed by atoms with Crippen LogP contribution in [0.15, 0.2) is 41.7 Å². The number of allylic oxidation sites excluding steroid dienone is 2. The van der Waals surface area contributed by atoms with E-state index in [1.165, 1.54) is 11.1 Å². The third kappa shape index (κ3) is 1.78. The Bertz CT molecular complexity index is 676. The first kappa shape index (κ1) is 13.9. The predicted molar refractivity (Wildman–Crippen MR) is 87.2 cm³/mol. The van der Waals surface area contributed by atoms with Crippen molar-refractivity contribution in [2.75, 3.05) is 27.8 Å². The molecule has 0 aromatic heterocycles. The molecule has 1 aromatic carbocycles. The van der Waals surface area contributed by atoms with Gasteiger partial charge in [0.2, 0.25) is 0 Å². The summed E-state index contributed by atoms with van der Waals surface area (Å²) in [5.41, 5.74) is 4.42. The fourth-order valence-corrected chi connectivity index (χ4v) is 4.47. The number of methoxy groups -OCH3 is 2. The molecule has 0 unspecified atom stereocenters. The molecule has 2 aliphatic carbocycles. The van der Waals surface area contributed by atoms with Crippen molar-refractivity contribution in [3.63, 3.8) is 0 Å². The zero-order valence-electron chi connectivity index (χ0n) is 13.6. The van der Waals surface area contributed by atoms with E-state index < -0.39 is 0 Å². The average molecular weight is 297 g/mol. The smallest absolute Gasteiger partial charge is 0.119 e. The zero-order chi connectivity index (χ0) is 15.3. The number of hydrogen-bond donors (Lipinski definition) is 0. The molecule has 2 bridgehead atoms. The lowest BCUT2D eigenvalue weighted by atomic mass is 9.59. The predicted octanol–water partition coefficient (Wildman–Crippen LogP) is 3.05. The Balaban J connectivity index is 1.95. The van der Waals surface area contributed by atoms with E-state index in [1.54, 1.807) is 19.8 Å². The number of ether oxygens (including phenoxy) is 2. The van der Waals surface area contributed by atoms with Gasteiger partial charge in [0.15, 0.2) is 0 Å². The topological polar surface area (TPSA) is 21.7 Å². The summed E-state index contributed by atoms with van der Waals surface area (Å²) in [6, 6.07) is 7.08.